The molecule has 0 radical (unpaired) electrons. The highest BCUT2D eigenvalue weighted by molar-refractivity contribution is 5.98. The molecule has 1 N–H and O–H groups in total. The molecule has 16 heavy (non-hydrogen) atoms. The quantitative estimate of drug-likeness (QED) is 0.327. The van der Waals surface area contributed by atoms with Crippen LogP contribution in [0.3, 0.4) is 0 Å². The molecule has 4 nitrogen and oxygen atoms in total. The van der Waals surface area contributed by atoms with E-state index in [0.29, 0.717) is 12.2 Å². The van der Waals surface area contributed by atoms with Crippen LogP contribution in [0.15, 0.2) is 43.0 Å². The third-order valence-corrected chi connectivity index (χ3v) is 1.83. The molecule has 0 saturated heterocycles. The standard InChI is InChI=1S/C12H14O4/c1-2-8-15-9-16-12(14)11(13)10-6-4-3-5-7-10/h2-7,12,14H,1,8-9H2. The molecular formula is C12H14O4. The minimum atomic E-state index is -1.49. The Bertz CT molecular complexity index is 334. The van der Waals surface area contributed by atoms with Gasteiger partial charge in [-0.05, 0) is 0 Å². The number of rotatable bonds is 7. The topological polar surface area (TPSA) is 55.8 Å². The molecule has 1 aromatic rings. The Morgan fingerprint density at radius 2 is 2.12 bits per heavy atom. The summed E-state index contributed by atoms with van der Waals surface area (Å²) in [5.74, 6) is -0.484. The van der Waals surface area contributed by atoms with Crippen molar-refractivity contribution in [3.05, 3.63) is 48.6 Å². The van der Waals surface area contributed by atoms with Gasteiger partial charge in [0.1, 0.15) is 0 Å². The molecule has 4 heteroatoms. The van der Waals surface area contributed by atoms with Gasteiger partial charge < -0.3 is 14.6 Å². The van der Waals surface area contributed by atoms with Gasteiger partial charge in [-0.3, -0.25) is 4.79 Å². The molecule has 0 aliphatic heterocycles. The van der Waals surface area contributed by atoms with Crippen molar-refractivity contribution in [1.29, 1.82) is 0 Å². The van der Waals surface area contributed by atoms with E-state index in [1.807, 2.05) is 0 Å². The van der Waals surface area contributed by atoms with Gasteiger partial charge in [0, 0.05) is 5.56 Å². The molecule has 1 atom stereocenters. The fourth-order valence-corrected chi connectivity index (χ4v) is 1.06. The molecule has 0 fully saturated rings. The first-order valence-corrected chi connectivity index (χ1v) is 4.83. The fraction of sp³-hybridized carbons (Fsp3) is 0.250. The van der Waals surface area contributed by atoms with Crippen LogP contribution >= 0.6 is 0 Å². The lowest BCUT2D eigenvalue weighted by atomic mass is 10.1. The van der Waals surface area contributed by atoms with Crippen LogP contribution in [0.1, 0.15) is 10.4 Å². The van der Waals surface area contributed by atoms with E-state index in [9.17, 15) is 9.90 Å². The zero-order valence-electron chi connectivity index (χ0n) is 8.83. The Morgan fingerprint density at radius 1 is 1.44 bits per heavy atom. The highest BCUT2D eigenvalue weighted by Crippen LogP contribution is 2.04. The molecule has 0 heterocycles. The zero-order chi connectivity index (χ0) is 11.8. The highest BCUT2D eigenvalue weighted by Gasteiger charge is 2.16. The molecule has 0 bridgehead atoms. The van der Waals surface area contributed by atoms with Crippen molar-refractivity contribution < 1.29 is 19.4 Å². The lowest BCUT2D eigenvalue weighted by Crippen LogP contribution is -2.25. The van der Waals surface area contributed by atoms with Gasteiger partial charge >= 0.3 is 0 Å². The van der Waals surface area contributed by atoms with E-state index in [1.165, 1.54) is 0 Å². The van der Waals surface area contributed by atoms with Crippen LogP contribution in [0, 0.1) is 0 Å². The van der Waals surface area contributed by atoms with E-state index in [4.69, 9.17) is 9.47 Å². The van der Waals surface area contributed by atoms with Crippen LogP contribution in [0.2, 0.25) is 0 Å². The van der Waals surface area contributed by atoms with E-state index in [2.05, 4.69) is 6.58 Å². The van der Waals surface area contributed by atoms with Gasteiger partial charge in [0.15, 0.2) is 6.79 Å². The summed E-state index contributed by atoms with van der Waals surface area (Å²) >= 11 is 0. The van der Waals surface area contributed by atoms with Gasteiger partial charge in [-0.15, -0.1) is 6.58 Å². The van der Waals surface area contributed by atoms with E-state index < -0.39 is 12.1 Å². The molecule has 1 unspecified atom stereocenters. The fourth-order valence-electron chi connectivity index (χ4n) is 1.06. The Balaban J connectivity index is 2.39. The van der Waals surface area contributed by atoms with E-state index >= 15 is 0 Å². The van der Waals surface area contributed by atoms with Crippen molar-refractivity contribution in [3.8, 4) is 0 Å². The second kappa shape index (κ2) is 6.90. The molecule has 0 amide bonds. The SMILES string of the molecule is C=CCOCOC(O)C(=O)c1ccccc1. The number of hydrogen-bond donors (Lipinski definition) is 1. The van der Waals surface area contributed by atoms with Crippen molar-refractivity contribution in [2.45, 2.75) is 6.29 Å². The predicted molar refractivity (Wildman–Crippen MR) is 58.9 cm³/mol. The van der Waals surface area contributed by atoms with Gasteiger partial charge in [0.25, 0.3) is 0 Å². The summed E-state index contributed by atoms with van der Waals surface area (Å²) in [5.41, 5.74) is 0.402. The molecule has 0 aliphatic rings. The van der Waals surface area contributed by atoms with Crippen molar-refractivity contribution >= 4 is 5.78 Å². The van der Waals surface area contributed by atoms with Crippen LogP contribution in [-0.2, 0) is 9.47 Å². The summed E-state index contributed by atoms with van der Waals surface area (Å²) < 4.78 is 9.68. The summed E-state index contributed by atoms with van der Waals surface area (Å²) in [4.78, 5) is 11.6. The molecule has 1 rings (SSSR count). The number of carbonyl (C=O) groups is 1. The maximum absolute atomic E-state index is 11.6. The van der Waals surface area contributed by atoms with Gasteiger partial charge in [-0.1, -0.05) is 36.4 Å². The van der Waals surface area contributed by atoms with E-state index in [-0.39, 0.29) is 6.79 Å². The normalized spacial score (nSPS) is 12.1. The Labute approximate surface area is 94.1 Å². The first-order chi connectivity index (χ1) is 7.75. The van der Waals surface area contributed by atoms with Gasteiger partial charge in [0.2, 0.25) is 12.1 Å². The number of aliphatic hydroxyl groups excluding tert-OH is 1. The monoisotopic (exact) mass is 222 g/mol. The second-order valence-corrected chi connectivity index (χ2v) is 3.03. The summed E-state index contributed by atoms with van der Waals surface area (Å²) in [6.07, 6.45) is 0.0570. The largest absolute Gasteiger partial charge is 0.362 e. The molecular weight excluding hydrogens is 208 g/mol. The van der Waals surface area contributed by atoms with Crippen molar-refractivity contribution in [2.75, 3.05) is 13.4 Å². The molecule has 0 spiro atoms. The minimum Gasteiger partial charge on any atom is -0.362 e. The van der Waals surface area contributed by atoms with Gasteiger partial charge in [0.05, 0.1) is 6.61 Å². The Hall–Kier alpha value is -1.49. The molecule has 86 valence electrons. The Morgan fingerprint density at radius 3 is 2.75 bits per heavy atom. The molecule has 0 saturated carbocycles. The third-order valence-electron chi connectivity index (χ3n) is 1.83. The van der Waals surface area contributed by atoms with Crippen molar-refractivity contribution in [3.63, 3.8) is 0 Å². The predicted octanol–water partition coefficient (Wildman–Crippen LogP) is 1.36. The summed E-state index contributed by atoms with van der Waals surface area (Å²) in [5, 5.41) is 9.39. The lowest BCUT2D eigenvalue weighted by molar-refractivity contribution is -0.142. The molecule has 0 aliphatic carbocycles. The number of ether oxygens (including phenoxy) is 2. The van der Waals surface area contributed by atoms with Gasteiger partial charge in [-0.25, -0.2) is 0 Å². The number of aliphatic hydroxyl groups is 1. The first kappa shape index (κ1) is 12.6. The average molecular weight is 222 g/mol. The Kier molecular flexibility index (Phi) is 5.42. The number of carbonyl (C=O) groups excluding carboxylic acids is 1. The highest BCUT2D eigenvalue weighted by atomic mass is 16.7. The number of hydrogen-bond acceptors (Lipinski definition) is 4. The second-order valence-electron chi connectivity index (χ2n) is 3.03. The maximum atomic E-state index is 11.6. The van der Waals surface area contributed by atoms with Crippen LogP contribution in [0.5, 0.6) is 0 Å². The van der Waals surface area contributed by atoms with E-state index in [0.717, 1.165) is 0 Å². The smallest absolute Gasteiger partial charge is 0.222 e. The lowest BCUT2D eigenvalue weighted by Gasteiger charge is -2.10. The molecule has 1 aromatic carbocycles. The number of ketones is 1. The van der Waals surface area contributed by atoms with Crippen LogP contribution in [0.25, 0.3) is 0 Å². The van der Waals surface area contributed by atoms with Crippen LogP contribution in [-0.4, -0.2) is 30.6 Å². The van der Waals surface area contributed by atoms with Crippen LogP contribution < -0.4 is 0 Å². The minimum absolute atomic E-state index is 0.147. The average Bonchev–Trinajstić information content (AvgIpc) is 2.34. The molecule has 0 aromatic heterocycles. The van der Waals surface area contributed by atoms with Gasteiger partial charge in [-0.2, -0.15) is 0 Å². The summed E-state index contributed by atoms with van der Waals surface area (Å²) in [7, 11) is 0. The first-order valence-electron chi connectivity index (χ1n) is 4.83. The van der Waals surface area contributed by atoms with Crippen molar-refractivity contribution in [2.24, 2.45) is 0 Å². The maximum Gasteiger partial charge on any atom is 0.222 e. The van der Waals surface area contributed by atoms with E-state index in [1.54, 1.807) is 36.4 Å². The van der Waals surface area contributed by atoms with Crippen molar-refractivity contribution in [1.82, 2.24) is 0 Å². The zero-order valence-corrected chi connectivity index (χ0v) is 8.83. The summed E-state index contributed by atoms with van der Waals surface area (Å²) in [6, 6.07) is 8.44. The third kappa shape index (κ3) is 3.94. The number of benzene rings is 1. The summed E-state index contributed by atoms with van der Waals surface area (Å²) in [6.45, 7) is 3.61. The van der Waals surface area contributed by atoms with Crippen LogP contribution in [0.4, 0.5) is 0 Å². The number of Topliss-reactive ketones (excluding diaryl/α,β-unsaturated/α-hetero) is 1.